The first-order valence-corrected chi connectivity index (χ1v) is 5.07. The van der Waals surface area contributed by atoms with E-state index in [0.717, 1.165) is 0 Å². The Kier molecular flexibility index (Phi) is 2.90. The molecule has 0 saturated carbocycles. The van der Waals surface area contributed by atoms with Gasteiger partial charge in [-0.1, -0.05) is 0 Å². The molecule has 7 nitrogen and oxygen atoms in total. The highest BCUT2D eigenvalue weighted by Gasteiger charge is 2.10. The van der Waals surface area contributed by atoms with Crippen LogP contribution < -0.4 is 10.3 Å². The van der Waals surface area contributed by atoms with E-state index in [1.54, 1.807) is 17.8 Å². The largest absolute Gasteiger partial charge is 0.468 e. The third kappa shape index (κ3) is 2.17. The minimum absolute atomic E-state index is 0.169. The standard InChI is InChI=1S/C10H13N5O2/c1-7-4-9(16)15(10(12-7)17-3)5-8-13-11-6-14(8)2/h4,6H,5H2,1-3H3. The van der Waals surface area contributed by atoms with E-state index < -0.39 is 0 Å². The molecule has 0 amide bonds. The van der Waals surface area contributed by atoms with Crippen molar-refractivity contribution in [2.45, 2.75) is 13.5 Å². The Morgan fingerprint density at radius 1 is 1.47 bits per heavy atom. The van der Waals surface area contributed by atoms with Gasteiger partial charge in [-0.2, -0.15) is 0 Å². The average molecular weight is 235 g/mol. The molecule has 0 aliphatic rings. The molecule has 0 saturated heterocycles. The van der Waals surface area contributed by atoms with Gasteiger partial charge in [-0.05, 0) is 6.92 Å². The first kappa shape index (κ1) is 11.3. The van der Waals surface area contributed by atoms with Crippen LogP contribution in [0.2, 0.25) is 0 Å². The highest BCUT2D eigenvalue weighted by Crippen LogP contribution is 2.06. The molecule has 2 rings (SSSR count). The minimum Gasteiger partial charge on any atom is -0.468 e. The number of rotatable bonds is 3. The summed E-state index contributed by atoms with van der Waals surface area (Å²) in [6.45, 7) is 2.03. The molecular formula is C10H13N5O2. The number of hydrogen-bond acceptors (Lipinski definition) is 5. The van der Waals surface area contributed by atoms with Gasteiger partial charge in [0, 0.05) is 18.8 Å². The van der Waals surface area contributed by atoms with Crippen LogP contribution in [0.5, 0.6) is 6.01 Å². The highest BCUT2D eigenvalue weighted by molar-refractivity contribution is 5.08. The summed E-state index contributed by atoms with van der Waals surface area (Å²) in [6, 6.07) is 1.73. The normalized spacial score (nSPS) is 10.5. The van der Waals surface area contributed by atoms with E-state index in [1.807, 2.05) is 7.05 Å². The molecule has 0 aliphatic heterocycles. The van der Waals surface area contributed by atoms with E-state index in [4.69, 9.17) is 4.74 Å². The summed E-state index contributed by atoms with van der Waals surface area (Å²) in [6.07, 6.45) is 1.58. The fraction of sp³-hybridized carbons (Fsp3) is 0.400. The fourth-order valence-electron chi connectivity index (χ4n) is 1.49. The van der Waals surface area contributed by atoms with Crippen molar-refractivity contribution in [3.63, 3.8) is 0 Å². The molecule has 0 bridgehead atoms. The number of nitrogens with zero attached hydrogens (tertiary/aromatic N) is 5. The maximum absolute atomic E-state index is 11.8. The third-order valence-corrected chi connectivity index (χ3v) is 2.39. The summed E-state index contributed by atoms with van der Waals surface area (Å²) in [5.41, 5.74) is 0.457. The van der Waals surface area contributed by atoms with Crippen molar-refractivity contribution >= 4 is 0 Å². The average Bonchev–Trinajstić information content (AvgIpc) is 2.68. The van der Waals surface area contributed by atoms with Crippen LogP contribution in [0.25, 0.3) is 0 Å². The van der Waals surface area contributed by atoms with Crippen LogP contribution in [0.1, 0.15) is 11.5 Å². The maximum atomic E-state index is 11.8. The SMILES string of the molecule is COc1nc(C)cc(=O)n1Cc1nncn1C. The molecule has 17 heavy (non-hydrogen) atoms. The lowest BCUT2D eigenvalue weighted by Gasteiger charge is -2.10. The predicted molar refractivity (Wildman–Crippen MR) is 59.9 cm³/mol. The fourth-order valence-corrected chi connectivity index (χ4v) is 1.49. The van der Waals surface area contributed by atoms with Gasteiger partial charge in [0.25, 0.3) is 11.6 Å². The van der Waals surface area contributed by atoms with Gasteiger partial charge >= 0.3 is 0 Å². The smallest absolute Gasteiger partial charge is 0.299 e. The first-order chi connectivity index (χ1) is 8.11. The van der Waals surface area contributed by atoms with Crippen LogP contribution in [0.3, 0.4) is 0 Å². The molecule has 0 radical (unpaired) electrons. The van der Waals surface area contributed by atoms with Gasteiger partial charge in [0.05, 0.1) is 13.7 Å². The summed E-state index contributed by atoms with van der Waals surface area (Å²) in [4.78, 5) is 16.0. The summed E-state index contributed by atoms with van der Waals surface area (Å²) in [5, 5.41) is 7.68. The van der Waals surface area contributed by atoms with Crippen molar-refractivity contribution in [1.82, 2.24) is 24.3 Å². The molecule has 2 aromatic heterocycles. The van der Waals surface area contributed by atoms with Crippen molar-refractivity contribution in [2.24, 2.45) is 7.05 Å². The second-order valence-corrected chi connectivity index (χ2v) is 3.67. The van der Waals surface area contributed by atoms with E-state index in [9.17, 15) is 4.79 Å². The number of ether oxygens (including phenoxy) is 1. The van der Waals surface area contributed by atoms with Gasteiger partial charge in [-0.25, -0.2) is 4.98 Å². The Morgan fingerprint density at radius 3 is 2.82 bits per heavy atom. The number of aryl methyl sites for hydroxylation is 2. The highest BCUT2D eigenvalue weighted by atomic mass is 16.5. The first-order valence-electron chi connectivity index (χ1n) is 5.07. The van der Waals surface area contributed by atoms with Gasteiger partial charge in [-0.3, -0.25) is 9.36 Å². The molecular weight excluding hydrogens is 222 g/mol. The Hall–Kier alpha value is -2.18. The zero-order valence-electron chi connectivity index (χ0n) is 9.91. The van der Waals surface area contributed by atoms with Gasteiger partial charge in [0.15, 0.2) is 5.82 Å². The van der Waals surface area contributed by atoms with Crippen molar-refractivity contribution < 1.29 is 4.74 Å². The van der Waals surface area contributed by atoms with Crippen LogP contribution in [-0.4, -0.2) is 31.4 Å². The summed E-state index contributed by atoms with van der Waals surface area (Å²) in [7, 11) is 3.29. The Balaban J connectivity index is 2.45. The van der Waals surface area contributed by atoms with Crippen molar-refractivity contribution in [1.29, 1.82) is 0 Å². The Labute approximate surface area is 97.7 Å². The third-order valence-electron chi connectivity index (χ3n) is 2.39. The number of aromatic nitrogens is 5. The van der Waals surface area contributed by atoms with Crippen molar-refractivity contribution in [3.05, 3.63) is 34.3 Å². The lowest BCUT2D eigenvalue weighted by molar-refractivity contribution is 0.347. The van der Waals surface area contributed by atoms with Gasteiger partial charge in [-0.15, -0.1) is 10.2 Å². The number of methoxy groups -OCH3 is 1. The molecule has 7 heteroatoms. The van der Waals surface area contributed by atoms with Gasteiger partial charge < -0.3 is 9.30 Å². The van der Waals surface area contributed by atoms with E-state index >= 15 is 0 Å². The Bertz CT molecular complexity index is 587. The second-order valence-electron chi connectivity index (χ2n) is 3.67. The van der Waals surface area contributed by atoms with E-state index in [0.29, 0.717) is 11.5 Å². The lowest BCUT2D eigenvalue weighted by atomic mass is 10.4. The molecule has 0 spiro atoms. The van der Waals surface area contributed by atoms with Crippen LogP contribution in [-0.2, 0) is 13.6 Å². The van der Waals surface area contributed by atoms with Crippen LogP contribution >= 0.6 is 0 Å². The van der Waals surface area contributed by atoms with Crippen molar-refractivity contribution in [3.8, 4) is 6.01 Å². The Morgan fingerprint density at radius 2 is 2.24 bits per heavy atom. The topological polar surface area (TPSA) is 74.8 Å². The molecule has 0 aliphatic carbocycles. The van der Waals surface area contributed by atoms with Crippen molar-refractivity contribution in [2.75, 3.05) is 7.11 Å². The molecule has 0 atom stereocenters. The molecule has 0 unspecified atom stereocenters. The molecule has 0 N–H and O–H groups in total. The van der Waals surface area contributed by atoms with Crippen LogP contribution in [0.4, 0.5) is 0 Å². The number of hydrogen-bond donors (Lipinski definition) is 0. The zero-order valence-corrected chi connectivity index (χ0v) is 9.91. The van der Waals surface area contributed by atoms with E-state index in [-0.39, 0.29) is 18.1 Å². The van der Waals surface area contributed by atoms with Gasteiger partial charge in [0.1, 0.15) is 6.33 Å². The van der Waals surface area contributed by atoms with Crippen LogP contribution in [0.15, 0.2) is 17.2 Å². The minimum atomic E-state index is -0.169. The van der Waals surface area contributed by atoms with E-state index in [2.05, 4.69) is 15.2 Å². The lowest BCUT2D eigenvalue weighted by Crippen LogP contribution is -2.24. The maximum Gasteiger partial charge on any atom is 0.299 e. The van der Waals surface area contributed by atoms with E-state index in [1.165, 1.54) is 17.7 Å². The predicted octanol–water partition coefficient (Wildman–Crippen LogP) is -0.263. The molecule has 90 valence electrons. The molecule has 0 fully saturated rings. The zero-order chi connectivity index (χ0) is 12.4. The molecule has 2 aromatic rings. The second kappa shape index (κ2) is 4.36. The summed E-state index contributed by atoms with van der Waals surface area (Å²) >= 11 is 0. The molecule has 0 aromatic carbocycles. The quantitative estimate of drug-likeness (QED) is 0.732. The molecule has 2 heterocycles. The van der Waals surface area contributed by atoms with Gasteiger partial charge in [0.2, 0.25) is 0 Å². The monoisotopic (exact) mass is 235 g/mol. The summed E-state index contributed by atoms with van der Waals surface area (Å²) < 4.78 is 8.25. The summed E-state index contributed by atoms with van der Waals surface area (Å²) in [5.74, 6) is 0.663. The van der Waals surface area contributed by atoms with Crippen LogP contribution in [0, 0.1) is 6.92 Å².